The van der Waals surface area contributed by atoms with Crippen LogP contribution in [0.4, 0.5) is 17.1 Å². The largest absolute Gasteiger partial charge is 0.395 e. The minimum absolute atomic E-state index is 0.0884. The van der Waals surface area contributed by atoms with E-state index in [0.717, 1.165) is 19.3 Å². The predicted octanol–water partition coefficient (Wildman–Crippen LogP) is 2.10. The molecule has 1 aromatic rings. The number of non-ortho nitro benzene ring substituents is 1. The van der Waals surface area contributed by atoms with Crippen LogP contribution in [-0.2, 0) is 4.79 Å². The third-order valence-electron chi connectivity index (χ3n) is 4.98. The van der Waals surface area contributed by atoms with Gasteiger partial charge in [-0.25, -0.2) is 0 Å². The smallest absolute Gasteiger partial charge is 0.271 e. The van der Waals surface area contributed by atoms with Gasteiger partial charge < -0.3 is 20.6 Å². The first kappa shape index (κ1) is 20.5. The maximum atomic E-state index is 12.6. The molecule has 9 nitrogen and oxygen atoms in total. The zero-order valence-electron chi connectivity index (χ0n) is 15.4. The minimum Gasteiger partial charge on any atom is -0.395 e. The summed E-state index contributed by atoms with van der Waals surface area (Å²) in [5.74, 6) is -0.252. The second kappa shape index (κ2) is 9.19. The molecule has 146 valence electrons. The molecule has 0 bridgehead atoms. The lowest BCUT2D eigenvalue weighted by Gasteiger charge is -2.39. The Balaban J connectivity index is 2.11. The number of aliphatic hydroxyl groups excluding tert-OH is 1. The Bertz CT molecular complexity index is 725. The summed E-state index contributed by atoms with van der Waals surface area (Å²) in [6.45, 7) is 0.0928. The van der Waals surface area contributed by atoms with Crippen molar-refractivity contribution in [2.75, 3.05) is 37.4 Å². The monoisotopic (exact) mass is 375 g/mol. The summed E-state index contributed by atoms with van der Waals surface area (Å²) in [6.07, 6.45) is 4.21. The number of nitriles is 1. The molecular weight excluding hydrogens is 350 g/mol. The number of likely N-dealkylation sites (N-methyl/N-ethyl adjacent to an activating group) is 1. The zero-order chi connectivity index (χ0) is 19.9. The molecule has 0 saturated heterocycles. The molecule has 1 aromatic carbocycles. The molecule has 1 aliphatic carbocycles. The molecule has 9 heteroatoms. The molecule has 0 radical (unpaired) electrons. The lowest BCUT2D eigenvalue weighted by atomic mass is 9.81. The molecule has 0 aromatic heterocycles. The third kappa shape index (κ3) is 4.86. The van der Waals surface area contributed by atoms with Crippen LogP contribution >= 0.6 is 0 Å². The van der Waals surface area contributed by atoms with Crippen molar-refractivity contribution in [2.24, 2.45) is 0 Å². The fraction of sp³-hybridized carbons (Fsp3) is 0.556. The number of hydrogen-bond acceptors (Lipinski definition) is 7. The van der Waals surface area contributed by atoms with Crippen LogP contribution in [0.2, 0.25) is 0 Å². The second-order valence-electron chi connectivity index (χ2n) is 6.65. The Hall–Kier alpha value is -2.86. The first-order valence-corrected chi connectivity index (χ1v) is 8.98. The molecule has 0 atom stereocenters. The van der Waals surface area contributed by atoms with E-state index in [0.29, 0.717) is 24.2 Å². The molecule has 1 saturated carbocycles. The predicted molar refractivity (Wildman–Crippen MR) is 101 cm³/mol. The van der Waals surface area contributed by atoms with Gasteiger partial charge in [0.25, 0.3) is 5.69 Å². The first-order valence-electron chi connectivity index (χ1n) is 8.98. The number of anilines is 2. The lowest BCUT2D eigenvalue weighted by Crippen LogP contribution is -2.51. The quantitative estimate of drug-likeness (QED) is 0.468. The maximum absolute atomic E-state index is 12.6. The van der Waals surface area contributed by atoms with E-state index in [1.165, 1.54) is 23.1 Å². The average molecular weight is 375 g/mol. The molecule has 1 amide bonds. The van der Waals surface area contributed by atoms with Gasteiger partial charge in [0.05, 0.1) is 35.5 Å². The van der Waals surface area contributed by atoms with Crippen molar-refractivity contribution in [3.8, 4) is 6.07 Å². The molecule has 0 spiro atoms. The highest BCUT2D eigenvalue weighted by Crippen LogP contribution is 2.33. The minimum atomic E-state index is -0.780. The maximum Gasteiger partial charge on any atom is 0.271 e. The van der Waals surface area contributed by atoms with E-state index in [1.807, 2.05) is 0 Å². The van der Waals surface area contributed by atoms with Crippen molar-refractivity contribution < 1.29 is 14.8 Å². The third-order valence-corrected chi connectivity index (χ3v) is 4.98. The van der Waals surface area contributed by atoms with E-state index >= 15 is 0 Å². The standard InChI is InChI=1S/C18H25N5O4/c1-22(18(13-19)7-3-2-4-8-18)17(25)12-21-16-11-14(23(26)27)5-6-15(16)20-9-10-24/h5-6,11,20-21,24H,2-4,7-10,12H2,1H3. The molecule has 0 unspecified atom stereocenters. The fourth-order valence-corrected chi connectivity index (χ4v) is 3.32. The molecule has 3 N–H and O–H groups in total. The summed E-state index contributed by atoms with van der Waals surface area (Å²) in [5, 5.41) is 35.5. The van der Waals surface area contributed by atoms with Crippen molar-refractivity contribution in [2.45, 2.75) is 37.6 Å². The Morgan fingerprint density at radius 3 is 2.63 bits per heavy atom. The van der Waals surface area contributed by atoms with Crippen molar-refractivity contribution in [3.05, 3.63) is 28.3 Å². The number of nitrogens with zero attached hydrogens (tertiary/aromatic N) is 3. The van der Waals surface area contributed by atoms with Gasteiger partial charge in [-0.15, -0.1) is 0 Å². The van der Waals surface area contributed by atoms with Crippen LogP contribution < -0.4 is 10.6 Å². The fourth-order valence-electron chi connectivity index (χ4n) is 3.32. The number of carbonyl (C=O) groups is 1. The zero-order valence-corrected chi connectivity index (χ0v) is 15.4. The summed E-state index contributed by atoms with van der Waals surface area (Å²) < 4.78 is 0. The molecule has 1 aliphatic rings. The van der Waals surface area contributed by atoms with E-state index in [-0.39, 0.29) is 31.3 Å². The number of rotatable bonds is 8. The number of amides is 1. The molecule has 0 aliphatic heterocycles. The highest BCUT2D eigenvalue weighted by atomic mass is 16.6. The van der Waals surface area contributed by atoms with Crippen LogP contribution in [0.3, 0.4) is 0 Å². The Morgan fingerprint density at radius 2 is 2.04 bits per heavy atom. The van der Waals surface area contributed by atoms with E-state index in [2.05, 4.69) is 16.7 Å². The molecule has 1 fully saturated rings. The summed E-state index contributed by atoms with van der Waals surface area (Å²) >= 11 is 0. The Morgan fingerprint density at radius 1 is 1.33 bits per heavy atom. The molecular formula is C18H25N5O4. The number of nitrogens with one attached hydrogen (secondary N) is 2. The van der Waals surface area contributed by atoms with E-state index in [9.17, 15) is 20.2 Å². The molecule has 0 heterocycles. The highest BCUT2D eigenvalue weighted by molar-refractivity contribution is 5.84. The normalized spacial score (nSPS) is 15.4. The van der Waals surface area contributed by atoms with Crippen LogP contribution in [0.15, 0.2) is 18.2 Å². The van der Waals surface area contributed by atoms with Gasteiger partial charge in [0.1, 0.15) is 5.54 Å². The van der Waals surface area contributed by atoms with E-state index in [4.69, 9.17) is 5.11 Å². The van der Waals surface area contributed by atoms with Crippen molar-refractivity contribution in [1.29, 1.82) is 5.26 Å². The summed E-state index contributed by atoms with van der Waals surface area (Å²) in [7, 11) is 1.64. The average Bonchev–Trinajstić information content (AvgIpc) is 2.70. The number of nitro groups is 1. The summed E-state index contributed by atoms with van der Waals surface area (Å²) in [4.78, 5) is 24.6. The number of aliphatic hydroxyl groups is 1. The number of hydrogen-bond donors (Lipinski definition) is 3. The van der Waals surface area contributed by atoms with Crippen molar-refractivity contribution in [1.82, 2.24) is 4.90 Å². The van der Waals surface area contributed by atoms with E-state index in [1.54, 1.807) is 7.05 Å². The lowest BCUT2D eigenvalue weighted by molar-refractivity contribution is -0.384. The van der Waals surface area contributed by atoms with Gasteiger partial charge in [-0.3, -0.25) is 14.9 Å². The van der Waals surface area contributed by atoms with Crippen LogP contribution in [0.25, 0.3) is 0 Å². The highest BCUT2D eigenvalue weighted by Gasteiger charge is 2.38. The number of carbonyl (C=O) groups excluding carboxylic acids is 1. The van der Waals surface area contributed by atoms with Gasteiger partial charge in [-0.2, -0.15) is 5.26 Å². The Labute approximate surface area is 158 Å². The van der Waals surface area contributed by atoms with Crippen LogP contribution in [0.5, 0.6) is 0 Å². The Kier molecular flexibility index (Phi) is 6.96. The topological polar surface area (TPSA) is 132 Å². The van der Waals surface area contributed by atoms with Gasteiger partial charge in [-0.05, 0) is 18.9 Å². The van der Waals surface area contributed by atoms with Gasteiger partial charge >= 0.3 is 0 Å². The first-order chi connectivity index (χ1) is 12.9. The second-order valence-corrected chi connectivity index (χ2v) is 6.65. The molecule has 2 rings (SSSR count). The van der Waals surface area contributed by atoms with Crippen LogP contribution in [0.1, 0.15) is 32.1 Å². The number of benzene rings is 1. The SMILES string of the molecule is CN(C(=O)CNc1cc([N+](=O)[O-])ccc1NCCO)C1(C#N)CCCCC1. The summed E-state index contributed by atoms with van der Waals surface area (Å²) in [5.41, 5.74) is 0.0675. The van der Waals surface area contributed by atoms with Crippen molar-refractivity contribution in [3.63, 3.8) is 0 Å². The van der Waals surface area contributed by atoms with Gasteiger partial charge in [-0.1, -0.05) is 19.3 Å². The van der Waals surface area contributed by atoms with Gasteiger partial charge in [0.15, 0.2) is 0 Å². The van der Waals surface area contributed by atoms with Crippen molar-refractivity contribution >= 4 is 23.0 Å². The van der Waals surface area contributed by atoms with Crippen LogP contribution in [0, 0.1) is 21.4 Å². The molecule has 27 heavy (non-hydrogen) atoms. The van der Waals surface area contributed by atoms with Gasteiger partial charge in [0, 0.05) is 25.7 Å². The summed E-state index contributed by atoms with van der Waals surface area (Å²) in [6, 6.07) is 6.53. The number of nitro benzene ring substituents is 1. The van der Waals surface area contributed by atoms with E-state index < -0.39 is 10.5 Å². The van der Waals surface area contributed by atoms with Crippen LogP contribution in [-0.4, -0.2) is 53.1 Å². The van der Waals surface area contributed by atoms with Gasteiger partial charge in [0.2, 0.25) is 5.91 Å².